The number of rotatable bonds is 2. The molecular formula is C18H13NO4. The Hall–Kier alpha value is -3.08. The van der Waals surface area contributed by atoms with Crippen molar-refractivity contribution in [3.8, 4) is 11.7 Å². The molecule has 0 aliphatic rings. The number of aryl methyl sites for hydroxylation is 2. The van der Waals surface area contributed by atoms with E-state index in [0.717, 1.165) is 22.1 Å². The molecule has 0 amide bonds. The van der Waals surface area contributed by atoms with E-state index in [1.165, 1.54) is 12.1 Å². The van der Waals surface area contributed by atoms with Crippen LogP contribution in [-0.2, 0) is 0 Å². The number of furan rings is 1. The highest BCUT2D eigenvalue weighted by molar-refractivity contribution is 5.92. The predicted octanol–water partition coefficient (Wildman–Crippen LogP) is 4.56. The second-order valence-electron chi connectivity index (χ2n) is 5.56. The van der Waals surface area contributed by atoms with Crippen LogP contribution >= 0.6 is 0 Å². The summed E-state index contributed by atoms with van der Waals surface area (Å²) in [6, 6.07) is 10.6. The van der Waals surface area contributed by atoms with E-state index < -0.39 is 5.97 Å². The number of hydrogen-bond donors (Lipinski definition) is 1. The van der Waals surface area contributed by atoms with Crippen molar-refractivity contribution in [2.45, 2.75) is 13.8 Å². The van der Waals surface area contributed by atoms with Gasteiger partial charge in [-0.25, -0.2) is 9.78 Å². The third-order valence-corrected chi connectivity index (χ3v) is 3.92. The SMILES string of the molecule is Cc1ccc2oc(-c3nc4ccc(C(=O)O)cc4o3)c(C)c2c1. The largest absolute Gasteiger partial charge is 0.478 e. The van der Waals surface area contributed by atoms with Crippen molar-refractivity contribution in [3.63, 3.8) is 0 Å². The normalized spacial score (nSPS) is 11.4. The van der Waals surface area contributed by atoms with Gasteiger partial charge in [-0.2, -0.15) is 0 Å². The van der Waals surface area contributed by atoms with Crippen molar-refractivity contribution in [2.24, 2.45) is 0 Å². The van der Waals surface area contributed by atoms with Crippen LogP contribution in [0.15, 0.2) is 45.2 Å². The molecule has 0 radical (unpaired) electrons. The monoisotopic (exact) mass is 307 g/mol. The predicted molar refractivity (Wildman–Crippen MR) is 85.7 cm³/mol. The third-order valence-electron chi connectivity index (χ3n) is 3.92. The van der Waals surface area contributed by atoms with Crippen LogP contribution in [0.4, 0.5) is 0 Å². The number of carboxylic acid groups (broad SMARTS) is 1. The first kappa shape index (κ1) is 13.6. The van der Waals surface area contributed by atoms with Crippen LogP contribution in [-0.4, -0.2) is 16.1 Å². The van der Waals surface area contributed by atoms with E-state index in [9.17, 15) is 4.79 Å². The molecule has 4 rings (SSSR count). The van der Waals surface area contributed by atoms with E-state index in [4.69, 9.17) is 13.9 Å². The number of aromatic carboxylic acids is 1. The number of fused-ring (bicyclic) bond motifs is 2. The molecule has 5 heteroatoms. The molecule has 5 nitrogen and oxygen atoms in total. The van der Waals surface area contributed by atoms with Gasteiger partial charge in [-0.3, -0.25) is 0 Å². The molecule has 2 aromatic heterocycles. The fourth-order valence-electron chi connectivity index (χ4n) is 2.69. The molecule has 2 heterocycles. The van der Waals surface area contributed by atoms with E-state index in [1.54, 1.807) is 6.07 Å². The van der Waals surface area contributed by atoms with Gasteiger partial charge in [0.05, 0.1) is 5.56 Å². The Morgan fingerprint density at radius 2 is 1.87 bits per heavy atom. The second-order valence-corrected chi connectivity index (χ2v) is 5.56. The van der Waals surface area contributed by atoms with E-state index in [2.05, 4.69) is 11.1 Å². The summed E-state index contributed by atoms with van der Waals surface area (Å²) in [6.07, 6.45) is 0. The maximum Gasteiger partial charge on any atom is 0.335 e. The van der Waals surface area contributed by atoms with Crippen LogP contribution in [0, 0.1) is 13.8 Å². The van der Waals surface area contributed by atoms with Crippen LogP contribution in [0.2, 0.25) is 0 Å². The number of nitrogens with zero attached hydrogens (tertiary/aromatic N) is 1. The maximum atomic E-state index is 11.0. The first-order chi connectivity index (χ1) is 11.0. The quantitative estimate of drug-likeness (QED) is 0.587. The zero-order valence-electron chi connectivity index (χ0n) is 12.6. The lowest BCUT2D eigenvalue weighted by Crippen LogP contribution is -1.94. The van der Waals surface area contributed by atoms with Gasteiger partial charge in [-0.05, 0) is 44.2 Å². The second kappa shape index (κ2) is 4.71. The molecule has 0 aliphatic heterocycles. The summed E-state index contributed by atoms with van der Waals surface area (Å²) in [5.74, 6) is -0.0761. The minimum absolute atomic E-state index is 0.164. The zero-order valence-corrected chi connectivity index (χ0v) is 12.6. The van der Waals surface area contributed by atoms with Crippen molar-refractivity contribution in [3.05, 3.63) is 53.1 Å². The van der Waals surface area contributed by atoms with Gasteiger partial charge in [0.1, 0.15) is 11.1 Å². The molecule has 0 spiro atoms. The highest BCUT2D eigenvalue weighted by Crippen LogP contribution is 2.34. The number of hydrogen-bond acceptors (Lipinski definition) is 4. The van der Waals surface area contributed by atoms with Gasteiger partial charge in [-0.15, -0.1) is 0 Å². The Kier molecular flexibility index (Phi) is 2.78. The number of carboxylic acids is 1. The van der Waals surface area contributed by atoms with Crippen LogP contribution in [0.25, 0.3) is 33.7 Å². The smallest absolute Gasteiger partial charge is 0.335 e. The lowest BCUT2D eigenvalue weighted by Gasteiger charge is -1.92. The number of oxazole rings is 1. The van der Waals surface area contributed by atoms with Crippen molar-refractivity contribution in [1.29, 1.82) is 0 Å². The van der Waals surface area contributed by atoms with Gasteiger partial charge in [-0.1, -0.05) is 11.6 Å². The van der Waals surface area contributed by atoms with Crippen molar-refractivity contribution in [1.82, 2.24) is 4.98 Å². The molecule has 4 aromatic rings. The van der Waals surface area contributed by atoms with Gasteiger partial charge in [0.15, 0.2) is 11.3 Å². The van der Waals surface area contributed by atoms with E-state index in [-0.39, 0.29) is 5.56 Å². The Morgan fingerprint density at radius 3 is 2.65 bits per heavy atom. The van der Waals surface area contributed by atoms with Gasteiger partial charge in [0.2, 0.25) is 0 Å². The van der Waals surface area contributed by atoms with Crippen molar-refractivity contribution >= 4 is 28.0 Å². The van der Waals surface area contributed by atoms with Gasteiger partial charge < -0.3 is 13.9 Å². The van der Waals surface area contributed by atoms with Gasteiger partial charge in [0.25, 0.3) is 5.89 Å². The van der Waals surface area contributed by atoms with Crippen LogP contribution in [0.5, 0.6) is 0 Å². The molecule has 0 aliphatic carbocycles. The lowest BCUT2D eigenvalue weighted by molar-refractivity contribution is 0.0697. The number of carbonyl (C=O) groups is 1. The van der Waals surface area contributed by atoms with Gasteiger partial charge >= 0.3 is 5.97 Å². The summed E-state index contributed by atoms with van der Waals surface area (Å²) in [5, 5.41) is 10.1. The summed E-state index contributed by atoms with van der Waals surface area (Å²) in [5.41, 5.74) is 4.07. The summed E-state index contributed by atoms with van der Waals surface area (Å²) >= 11 is 0. The van der Waals surface area contributed by atoms with Crippen LogP contribution in [0.1, 0.15) is 21.5 Å². The molecule has 0 unspecified atom stereocenters. The van der Waals surface area contributed by atoms with Crippen molar-refractivity contribution < 1.29 is 18.7 Å². The summed E-state index contributed by atoms with van der Waals surface area (Å²) in [4.78, 5) is 15.5. The average Bonchev–Trinajstić information content (AvgIpc) is 3.08. The molecule has 2 aromatic carbocycles. The first-order valence-electron chi connectivity index (χ1n) is 7.17. The Balaban J connectivity index is 1.91. The Bertz CT molecular complexity index is 1070. The molecule has 0 atom stereocenters. The zero-order chi connectivity index (χ0) is 16.1. The third kappa shape index (κ3) is 2.09. The molecule has 23 heavy (non-hydrogen) atoms. The number of aromatic nitrogens is 1. The topological polar surface area (TPSA) is 76.5 Å². The summed E-state index contributed by atoms with van der Waals surface area (Å²) < 4.78 is 11.6. The standard InChI is InChI=1S/C18H13NO4/c1-9-3-6-14-12(7-9)10(2)16(22-14)17-19-13-5-4-11(18(20)21)8-15(13)23-17/h3-8H,1-2H3,(H,20,21). The minimum Gasteiger partial charge on any atom is -0.478 e. The van der Waals surface area contributed by atoms with E-state index in [0.29, 0.717) is 22.8 Å². The molecule has 114 valence electrons. The highest BCUT2D eigenvalue weighted by atomic mass is 16.4. The molecule has 1 N–H and O–H groups in total. The average molecular weight is 307 g/mol. The summed E-state index contributed by atoms with van der Waals surface area (Å²) in [6.45, 7) is 3.98. The van der Waals surface area contributed by atoms with Crippen LogP contribution < -0.4 is 0 Å². The Morgan fingerprint density at radius 1 is 1.04 bits per heavy atom. The Labute approximate surface area is 131 Å². The fraction of sp³-hybridized carbons (Fsp3) is 0.111. The van der Waals surface area contributed by atoms with Crippen molar-refractivity contribution in [2.75, 3.05) is 0 Å². The van der Waals surface area contributed by atoms with E-state index in [1.807, 2.05) is 26.0 Å². The molecule has 0 saturated carbocycles. The van der Waals surface area contributed by atoms with E-state index >= 15 is 0 Å². The molecular weight excluding hydrogens is 294 g/mol. The molecule has 0 bridgehead atoms. The minimum atomic E-state index is -1.000. The fourth-order valence-corrected chi connectivity index (χ4v) is 2.69. The highest BCUT2D eigenvalue weighted by Gasteiger charge is 2.18. The van der Waals surface area contributed by atoms with Crippen LogP contribution in [0.3, 0.4) is 0 Å². The maximum absolute atomic E-state index is 11.0. The van der Waals surface area contributed by atoms with Gasteiger partial charge in [0, 0.05) is 10.9 Å². The summed E-state index contributed by atoms with van der Waals surface area (Å²) in [7, 11) is 0. The number of benzene rings is 2. The lowest BCUT2D eigenvalue weighted by atomic mass is 10.1. The molecule has 0 fully saturated rings. The first-order valence-corrected chi connectivity index (χ1v) is 7.17. The molecule has 0 saturated heterocycles.